The third-order valence-electron chi connectivity index (χ3n) is 1.83. The molecule has 0 spiro atoms. The zero-order valence-electron chi connectivity index (χ0n) is 7.37. The SMILES string of the molecule is COC(C=O)Cc1ccccc1Cl. The fraction of sp³-hybridized carbons (Fsp3) is 0.300. The Balaban J connectivity index is 2.73. The Morgan fingerprint density at radius 2 is 2.23 bits per heavy atom. The number of aldehydes is 1. The molecular weight excluding hydrogens is 188 g/mol. The van der Waals surface area contributed by atoms with E-state index in [9.17, 15) is 4.79 Å². The topological polar surface area (TPSA) is 26.3 Å². The van der Waals surface area contributed by atoms with Crippen LogP contribution >= 0.6 is 11.6 Å². The second-order valence-corrected chi connectivity index (χ2v) is 3.11. The van der Waals surface area contributed by atoms with E-state index in [0.717, 1.165) is 11.8 Å². The van der Waals surface area contributed by atoms with Crippen molar-refractivity contribution in [1.29, 1.82) is 0 Å². The number of halogens is 1. The van der Waals surface area contributed by atoms with E-state index < -0.39 is 6.10 Å². The lowest BCUT2D eigenvalue weighted by Crippen LogP contribution is -2.15. The molecule has 0 aliphatic rings. The standard InChI is InChI=1S/C10H11ClO2/c1-13-9(7-12)6-8-4-2-3-5-10(8)11/h2-5,7,9H,6H2,1H3. The molecule has 0 bridgehead atoms. The predicted octanol–water partition coefficient (Wildman–Crippen LogP) is 2.10. The fourth-order valence-electron chi connectivity index (χ4n) is 1.07. The van der Waals surface area contributed by atoms with Gasteiger partial charge >= 0.3 is 0 Å². The first-order valence-electron chi connectivity index (χ1n) is 3.99. The van der Waals surface area contributed by atoms with Crippen LogP contribution < -0.4 is 0 Å². The number of rotatable bonds is 4. The van der Waals surface area contributed by atoms with Crippen molar-refractivity contribution in [2.24, 2.45) is 0 Å². The Labute approximate surface area is 82.5 Å². The van der Waals surface area contributed by atoms with Gasteiger partial charge in [0, 0.05) is 18.6 Å². The minimum Gasteiger partial charge on any atom is -0.374 e. The summed E-state index contributed by atoms with van der Waals surface area (Å²) in [6.07, 6.45) is 0.906. The van der Waals surface area contributed by atoms with Gasteiger partial charge in [0.2, 0.25) is 0 Å². The highest BCUT2D eigenvalue weighted by Crippen LogP contribution is 2.16. The fourth-order valence-corrected chi connectivity index (χ4v) is 1.28. The molecular formula is C10H11ClO2. The van der Waals surface area contributed by atoms with Gasteiger partial charge in [-0.25, -0.2) is 0 Å². The van der Waals surface area contributed by atoms with Gasteiger partial charge < -0.3 is 9.53 Å². The lowest BCUT2D eigenvalue weighted by atomic mass is 10.1. The van der Waals surface area contributed by atoms with Crippen molar-refractivity contribution in [2.45, 2.75) is 12.5 Å². The van der Waals surface area contributed by atoms with Gasteiger partial charge in [-0.05, 0) is 11.6 Å². The van der Waals surface area contributed by atoms with Gasteiger partial charge in [-0.3, -0.25) is 0 Å². The zero-order valence-corrected chi connectivity index (χ0v) is 8.12. The highest BCUT2D eigenvalue weighted by Gasteiger charge is 2.08. The molecule has 0 fully saturated rings. The molecule has 1 rings (SSSR count). The first kappa shape index (κ1) is 10.2. The maximum atomic E-state index is 10.5. The number of carbonyl (C=O) groups excluding carboxylic acids is 1. The highest BCUT2D eigenvalue weighted by atomic mass is 35.5. The van der Waals surface area contributed by atoms with Crippen molar-refractivity contribution in [3.8, 4) is 0 Å². The van der Waals surface area contributed by atoms with Crippen LogP contribution in [0.2, 0.25) is 5.02 Å². The third kappa shape index (κ3) is 2.83. The number of methoxy groups -OCH3 is 1. The number of carbonyl (C=O) groups is 1. The lowest BCUT2D eigenvalue weighted by molar-refractivity contribution is -0.116. The molecule has 0 radical (unpaired) electrons. The molecule has 1 aromatic carbocycles. The average molecular weight is 199 g/mol. The van der Waals surface area contributed by atoms with Gasteiger partial charge in [-0.2, -0.15) is 0 Å². The van der Waals surface area contributed by atoms with Crippen molar-refractivity contribution in [3.63, 3.8) is 0 Å². The van der Waals surface area contributed by atoms with E-state index in [0.29, 0.717) is 11.4 Å². The van der Waals surface area contributed by atoms with E-state index in [1.165, 1.54) is 7.11 Å². The van der Waals surface area contributed by atoms with Gasteiger partial charge in [-0.1, -0.05) is 29.8 Å². The van der Waals surface area contributed by atoms with E-state index in [-0.39, 0.29) is 0 Å². The Morgan fingerprint density at radius 3 is 2.77 bits per heavy atom. The smallest absolute Gasteiger partial charge is 0.149 e. The molecule has 0 aliphatic heterocycles. The molecule has 3 heteroatoms. The average Bonchev–Trinajstić information content (AvgIpc) is 2.17. The van der Waals surface area contributed by atoms with Crippen LogP contribution in [0, 0.1) is 0 Å². The molecule has 0 N–H and O–H groups in total. The van der Waals surface area contributed by atoms with Crippen LogP contribution in [0.4, 0.5) is 0 Å². The molecule has 0 aromatic heterocycles. The summed E-state index contributed by atoms with van der Waals surface area (Å²) in [6, 6.07) is 7.43. The molecule has 0 heterocycles. The van der Waals surface area contributed by atoms with Crippen molar-refractivity contribution in [2.75, 3.05) is 7.11 Å². The second kappa shape index (κ2) is 5.00. The van der Waals surface area contributed by atoms with Crippen LogP contribution in [-0.2, 0) is 16.0 Å². The molecule has 0 saturated carbocycles. The molecule has 70 valence electrons. The van der Waals surface area contributed by atoms with E-state index >= 15 is 0 Å². The largest absolute Gasteiger partial charge is 0.374 e. The number of hydrogen-bond donors (Lipinski definition) is 0. The Kier molecular flexibility index (Phi) is 3.93. The van der Waals surface area contributed by atoms with Crippen molar-refractivity contribution < 1.29 is 9.53 Å². The van der Waals surface area contributed by atoms with Crippen LogP contribution in [0.25, 0.3) is 0 Å². The van der Waals surface area contributed by atoms with E-state index in [2.05, 4.69) is 0 Å². The number of benzene rings is 1. The monoisotopic (exact) mass is 198 g/mol. The summed E-state index contributed by atoms with van der Waals surface area (Å²) in [5, 5.41) is 0.673. The maximum absolute atomic E-state index is 10.5. The van der Waals surface area contributed by atoms with E-state index in [1.807, 2.05) is 18.2 Å². The van der Waals surface area contributed by atoms with Gasteiger partial charge in [-0.15, -0.1) is 0 Å². The van der Waals surface area contributed by atoms with Gasteiger partial charge in [0.1, 0.15) is 12.4 Å². The molecule has 13 heavy (non-hydrogen) atoms. The lowest BCUT2D eigenvalue weighted by Gasteiger charge is -2.08. The summed E-state index contributed by atoms with van der Waals surface area (Å²) < 4.78 is 4.93. The van der Waals surface area contributed by atoms with Crippen LogP contribution in [0.5, 0.6) is 0 Å². The Morgan fingerprint density at radius 1 is 1.54 bits per heavy atom. The molecule has 0 amide bonds. The normalized spacial score (nSPS) is 12.5. The first-order chi connectivity index (χ1) is 6.27. The third-order valence-corrected chi connectivity index (χ3v) is 2.20. The maximum Gasteiger partial charge on any atom is 0.149 e. The summed E-state index contributed by atoms with van der Waals surface area (Å²) in [5.41, 5.74) is 0.933. The molecule has 0 saturated heterocycles. The van der Waals surface area contributed by atoms with E-state index in [4.69, 9.17) is 16.3 Å². The minimum atomic E-state index is -0.403. The van der Waals surface area contributed by atoms with Crippen molar-refractivity contribution in [1.82, 2.24) is 0 Å². The van der Waals surface area contributed by atoms with Gasteiger partial charge in [0.05, 0.1) is 0 Å². The van der Waals surface area contributed by atoms with Crippen LogP contribution in [0.3, 0.4) is 0 Å². The highest BCUT2D eigenvalue weighted by molar-refractivity contribution is 6.31. The molecule has 1 atom stereocenters. The Bertz CT molecular complexity index is 286. The van der Waals surface area contributed by atoms with E-state index in [1.54, 1.807) is 6.07 Å². The number of ether oxygens (including phenoxy) is 1. The number of hydrogen-bond acceptors (Lipinski definition) is 2. The summed E-state index contributed by atoms with van der Waals surface area (Å²) in [4.78, 5) is 10.5. The van der Waals surface area contributed by atoms with Crippen LogP contribution in [-0.4, -0.2) is 19.5 Å². The summed E-state index contributed by atoms with van der Waals surface area (Å²) in [6.45, 7) is 0. The Hall–Kier alpha value is -0.860. The van der Waals surface area contributed by atoms with Crippen LogP contribution in [0.15, 0.2) is 24.3 Å². The first-order valence-corrected chi connectivity index (χ1v) is 4.37. The molecule has 1 aromatic rings. The molecule has 0 aliphatic carbocycles. The molecule has 1 unspecified atom stereocenters. The summed E-state index contributed by atoms with van der Waals surface area (Å²) >= 11 is 5.91. The predicted molar refractivity (Wildman–Crippen MR) is 52.0 cm³/mol. The summed E-state index contributed by atoms with van der Waals surface area (Å²) in [7, 11) is 1.51. The van der Waals surface area contributed by atoms with Crippen LogP contribution in [0.1, 0.15) is 5.56 Å². The quantitative estimate of drug-likeness (QED) is 0.693. The summed E-state index contributed by atoms with van der Waals surface area (Å²) in [5.74, 6) is 0. The minimum absolute atomic E-state index is 0.403. The van der Waals surface area contributed by atoms with Gasteiger partial charge in [0.15, 0.2) is 0 Å². The zero-order chi connectivity index (χ0) is 9.68. The molecule has 2 nitrogen and oxygen atoms in total. The van der Waals surface area contributed by atoms with Gasteiger partial charge in [0.25, 0.3) is 0 Å². The van der Waals surface area contributed by atoms with Crippen molar-refractivity contribution in [3.05, 3.63) is 34.9 Å². The van der Waals surface area contributed by atoms with Crippen molar-refractivity contribution >= 4 is 17.9 Å². The second-order valence-electron chi connectivity index (χ2n) is 2.71.